The normalized spacial score (nSPS) is 10.8. The number of thioether (sulfide) groups is 1. The van der Waals surface area contributed by atoms with Gasteiger partial charge >= 0.3 is 0 Å². The summed E-state index contributed by atoms with van der Waals surface area (Å²) in [6.45, 7) is 0. The largest absolute Gasteiger partial charge is 0.260 e. The van der Waals surface area contributed by atoms with E-state index >= 15 is 0 Å². The SMILES string of the molecule is CSc1ncnc2[nH]nc(I)c12. The maximum Gasteiger partial charge on any atom is 0.160 e. The van der Waals surface area contributed by atoms with Crippen LogP contribution >= 0.6 is 34.4 Å². The van der Waals surface area contributed by atoms with Gasteiger partial charge in [-0.15, -0.1) is 11.8 Å². The Bertz CT molecular complexity index is 413. The maximum atomic E-state index is 4.15. The molecule has 0 aromatic carbocycles. The molecule has 2 heterocycles. The van der Waals surface area contributed by atoms with Gasteiger partial charge < -0.3 is 0 Å². The second-order valence-corrected chi connectivity index (χ2v) is 3.94. The summed E-state index contributed by atoms with van der Waals surface area (Å²) in [6.07, 6.45) is 3.54. The van der Waals surface area contributed by atoms with Gasteiger partial charge in [0.25, 0.3) is 0 Å². The summed E-state index contributed by atoms with van der Waals surface area (Å²) in [4.78, 5) is 8.21. The molecule has 0 bridgehead atoms. The first kappa shape index (κ1) is 8.24. The number of halogens is 1. The van der Waals surface area contributed by atoms with E-state index in [0.717, 1.165) is 19.8 Å². The van der Waals surface area contributed by atoms with Gasteiger partial charge in [0.2, 0.25) is 0 Å². The van der Waals surface area contributed by atoms with Crippen LogP contribution in [0.25, 0.3) is 11.0 Å². The van der Waals surface area contributed by atoms with E-state index in [9.17, 15) is 0 Å². The Kier molecular flexibility index (Phi) is 2.18. The number of rotatable bonds is 1. The number of nitrogens with one attached hydrogen (secondary N) is 1. The van der Waals surface area contributed by atoms with Crippen LogP contribution in [0.2, 0.25) is 0 Å². The second kappa shape index (κ2) is 3.17. The number of hydrogen-bond acceptors (Lipinski definition) is 4. The third kappa shape index (κ3) is 1.18. The maximum absolute atomic E-state index is 4.15. The average Bonchev–Trinajstić information content (AvgIpc) is 2.48. The van der Waals surface area contributed by atoms with E-state index in [0.29, 0.717) is 0 Å². The molecule has 62 valence electrons. The Balaban J connectivity index is 2.84. The second-order valence-electron chi connectivity index (χ2n) is 2.12. The van der Waals surface area contributed by atoms with Crippen LogP contribution in [0, 0.1) is 3.70 Å². The number of aromatic amines is 1. The van der Waals surface area contributed by atoms with Gasteiger partial charge in [0.1, 0.15) is 15.1 Å². The summed E-state index contributed by atoms with van der Waals surface area (Å²) in [5, 5.41) is 8.88. The Labute approximate surface area is 86.7 Å². The van der Waals surface area contributed by atoms with Crippen LogP contribution in [-0.2, 0) is 0 Å². The quantitative estimate of drug-likeness (QED) is 0.493. The number of fused-ring (bicyclic) bond motifs is 1. The minimum absolute atomic E-state index is 0.804. The third-order valence-electron chi connectivity index (χ3n) is 1.47. The molecule has 0 atom stereocenters. The fourth-order valence-electron chi connectivity index (χ4n) is 0.953. The van der Waals surface area contributed by atoms with Crippen LogP contribution < -0.4 is 0 Å². The number of H-pyrrole nitrogens is 1. The Morgan fingerprint density at radius 1 is 1.50 bits per heavy atom. The zero-order chi connectivity index (χ0) is 8.55. The molecule has 0 aliphatic carbocycles. The zero-order valence-corrected chi connectivity index (χ0v) is 9.18. The molecule has 6 heteroatoms. The number of hydrogen-bond donors (Lipinski definition) is 1. The van der Waals surface area contributed by atoms with E-state index < -0.39 is 0 Å². The molecule has 0 fully saturated rings. The van der Waals surface area contributed by atoms with Crippen molar-refractivity contribution >= 4 is 45.4 Å². The molecule has 0 radical (unpaired) electrons. The molecule has 2 aromatic rings. The van der Waals surface area contributed by atoms with Crippen molar-refractivity contribution in [3.8, 4) is 0 Å². The van der Waals surface area contributed by atoms with Crippen molar-refractivity contribution in [2.24, 2.45) is 0 Å². The summed E-state index contributed by atoms with van der Waals surface area (Å²) < 4.78 is 0.924. The van der Waals surface area contributed by atoms with Crippen molar-refractivity contribution in [2.75, 3.05) is 6.26 Å². The Morgan fingerprint density at radius 3 is 3.08 bits per heavy atom. The molecule has 4 nitrogen and oxygen atoms in total. The highest BCUT2D eigenvalue weighted by Gasteiger charge is 2.08. The van der Waals surface area contributed by atoms with Crippen LogP contribution in [0.1, 0.15) is 0 Å². The lowest BCUT2D eigenvalue weighted by molar-refractivity contribution is 1.06. The number of aromatic nitrogens is 4. The Morgan fingerprint density at radius 2 is 2.33 bits per heavy atom. The van der Waals surface area contributed by atoms with Crippen molar-refractivity contribution in [1.82, 2.24) is 20.2 Å². The fourth-order valence-corrected chi connectivity index (χ4v) is 2.32. The molecular formula is C6H5IN4S. The zero-order valence-electron chi connectivity index (χ0n) is 6.21. The lowest BCUT2D eigenvalue weighted by atomic mass is 10.4. The highest BCUT2D eigenvalue weighted by molar-refractivity contribution is 14.1. The van der Waals surface area contributed by atoms with Crippen LogP contribution in [0.5, 0.6) is 0 Å². The van der Waals surface area contributed by atoms with Gasteiger partial charge in [-0.2, -0.15) is 5.10 Å². The van der Waals surface area contributed by atoms with Gasteiger partial charge in [-0.05, 0) is 28.8 Å². The summed E-state index contributed by atoms with van der Waals surface area (Å²) >= 11 is 3.77. The van der Waals surface area contributed by atoms with E-state index in [1.165, 1.54) is 0 Å². The van der Waals surface area contributed by atoms with Crippen LogP contribution in [-0.4, -0.2) is 26.4 Å². The minimum atomic E-state index is 0.804. The minimum Gasteiger partial charge on any atom is -0.260 e. The predicted octanol–water partition coefficient (Wildman–Crippen LogP) is 1.68. The topological polar surface area (TPSA) is 54.5 Å². The van der Waals surface area contributed by atoms with Crippen molar-refractivity contribution in [2.45, 2.75) is 5.03 Å². The summed E-state index contributed by atoms with van der Waals surface area (Å²) in [5.41, 5.74) is 0.804. The van der Waals surface area contributed by atoms with E-state index in [2.05, 4.69) is 42.8 Å². The van der Waals surface area contributed by atoms with Gasteiger partial charge in [-0.1, -0.05) is 0 Å². The van der Waals surface area contributed by atoms with Gasteiger partial charge in [0.05, 0.1) is 5.39 Å². The molecule has 0 spiro atoms. The molecule has 0 aliphatic heterocycles. The first-order chi connectivity index (χ1) is 5.83. The highest BCUT2D eigenvalue weighted by atomic mass is 127. The molecule has 0 saturated heterocycles. The van der Waals surface area contributed by atoms with Crippen molar-refractivity contribution < 1.29 is 0 Å². The van der Waals surface area contributed by atoms with Crippen molar-refractivity contribution in [3.05, 3.63) is 10.0 Å². The van der Waals surface area contributed by atoms with E-state index in [1.54, 1.807) is 18.1 Å². The summed E-state index contributed by atoms with van der Waals surface area (Å²) in [7, 11) is 0. The molecule has 2 rings (SSSR count). The van der Waals surface area contributed by atoms with Crippen LogP contribution in [0.15, 0.2) is 11.4 Å². The van der Waals surface area contributed by atoms with Gasteiger partial charge in [0, 0.05) is 0 Å². The first-order valence-electron chi connectivity index (χ1n) is 3.21. The standard InChI is InChI=1S/C6H5IN4S/c1-12-6-3-4(7)10-11-5(3)8-2-9-6/h2H,1H3,(H,8,9,10,11). The van der Waals surface area contributed by atoms with Gasteiger partial charge in [-0.3, -0.25) is 5.10 Å². The molecular weight excluding hydrogens is 287 g/mol. The molecule has 0 unspecified atom stereocenters. The van der Waals surface area contributed by atoms with Gasteiger partial charge in [0.15, 0.2) is 5.65 Å². The first-order valence-corrected chi connectivity index (χ1v) is 5.52. The molecule has 2 aromatic heterocycles. The van der Waals surface area contributed by atoms with Crippen LogP contribution in [0.4, 0.5) is 0 Å². The molecule has 12 heavy (non-hydrogen) atoms. The average molecular weight is 292 g/mol. The molecule has 0 aliphatic rings. The van der Waals surface area contributed by atoms with Crippen LogP contribution in [0.3, 0.4) is 0 Å². The molecule has 1 N–H and O–H groups in total. The molecule has 0 saturated carbocycles. The van der Waals surface area contributed by atoms with E-state index in [-0.39, 0.29) is 0 Å². The predicted molar refractivity (Wildman–Crippen MR) is 56.2 cm³/mol. The van der Waals surface area contributed by atoms with E-state index in [1.807, 2.05) is 6.26 Å². The lowest BCUT2D eigenvalue weighted by Crippen LogP contribution is -1.84. The van der Waals surface area contributed by atoms with Crippen molar-refractivity contribution in [1.29, 1.82) is 0 Å². The molecule has 0 amide bonds. The van der Waals surface area contributed by atoms with Crippen molar-refractivity contribution in [3.63, 3.8) is 0 Å². The monoisotopic (exact) mass is 292 g/mol. The fraction of sp³-hybridized carbons (Fsp3) is 0.167. The van der Waals surface area contributed by atoms with E-state index in [4.69, 9.17) is 0 Å². The van der Waals surface area contributed by atoms with Gasteiger partial charge in [-0.25, -0.2) is 9.97 Å². The lowest BCUT2D eigenvalue weighted by Gasteiger charge is -1.94. The smallest absolute Gasteiger partial charge is 0.160 e. The summed E-state index contributed by atoms with van der Waals surface area (Å²) in [5.74, 6) is 0. The summed E-state index contributed by atoms with van der Waals surface area (Å²) in [6, 6.07) is 0. The third-order valence-corrected chi connectivity index (χ3v) is 2.95. The Hall–Kier alpha value is -0.370. The number of nitrogens with zero attached hydrogens (tertiary/aromatic N) is 3. The highest BCUT2D eigenvalue weighted by Crippen LogP contribution is 2.24.